The summed E-state index contributed by atoms with van der Waals surface area (Å²) in [4.78, 5) is 32.9. The lowest BCUT2D eigenvalue weighted by Crippen LogP contribution is -2.36. The average molecular weight is 391 g/mol. The monoisotopic (exact) mass is 391 g/mol. The van der Waals surface area contributed by atoms with E-state index >= 15 is 0 Å². The van der Waals surface area contributed by atoms with Crippen LogP contribution in [-0.2, 0) is 17.8 Å². The van der Waals surface area contributed by atoms with Gasteiger partial charge in [0, 0.05) is 31.3 Å². The molecule has 0 bridgehead atoms. The first kappa shape index (κ1) is 19.3. The zero-order valence-corrected chi connectivity index (χ0v) is 16.7. The van der Waals surface area contributed by atoms with Crippen molar-refractivity contribution in [2.75, 3.05) is 11.5 Å². The number of hydrogen-bond acceptors (Lipinski definition) is 4. The van der Waals surface area contributed by atoms with Crippen LogP contribution in [0.3, 0.4) is 0 Å². The number of aromatic nitrogens is 2. The van der Waals surface area contributed by atoms with Crippen LogP contribution in [0, 0.1) is 0 Å². The molecule has 4 rings (SSSR count). The summed E-state index contributed by atoms with van der Waals surface area (Å²) in [7, 11) is 0. The van der Waals surface area contributed by atoms with Crippen LogP contribution in [0.2, 0.25) is 0 Å². The summed E-state index contributed by atoms with van der Waals surface area (Å²) in [6.45, 7) is 4.37. The summed E-state index contributed by atoms with van der Waals surface area (Å²) in [5, 5.41) is 9.83. The first-order valence-corrected chi connectivity index (χ1v) is 10.0. The molecule has 6 nitrogen and oxygen atoms in total. The molecule has 2 aromatic carbocycles. The van der Waals surface area contributed by atoms with Crippen LogP contribution in [0.15, 0.2) is 53.3 Å². The molecule has 29 heavy (non-hydrogen) atoms. The van der Waals surface area contributed by atoms with Crippen molar-refractivity contribution in [3.05, 3.63) is 70.3 Å². The predicted molar refractivity (Wildman–Crippen MR) is 113 cm³/mol. The standard InChI is InChI=1S/C23H25N3O3/c1-15(2)26-20-11-6-4-8-16(20)18(23(26)29)14-21-24-19-10-5-3-9-17(19)22(28)25(21)12-7-13-27/h3-6,8-11,15,18,27H,7,12-14H2,1-2H3/t18-/m0/s1. The van der Waals surface area contributed by atoms with Gasteiger partial charge in [-0.05, 0) is 44.0 Å². The fourth-order valence-corrected chi connectivity index (χ4v) is 4.16. The van der Waals surface area contributed by atoms with Gasteiger partial charge >= 0.3 is 0 Å². The average Bonchev–Trinajstić information content (AvgIpc) is 2.99. The van der Waals surface area contributed by atoms with Gasteiger partial charge in [0.25, 0.3) is 5.56 Å². The SMILES string of the molecule is CC(C)N1C(=O)[C@@H](Cc2nc3ccccc3c(=O)n2CCCO)c2ccccc21. The third kappa shape index (κ3) is 3.34. The Morgan fingerprint density at radius 2 is 1.79 bits per heavy atom. The Balaban J connectivity index is 1.81. The highest BCUT2D eigenvalue weighted by Crippen LogP contribution is 2.39. The smallest absolute Gasteiger partial charge is 0.261 e. The fourth-order valence-electron chi connectivity index (χ4n) is 4.16. The lowest BCUT2D eigenvalue weighted by atomic mass is 9.96. The zero-order valence-electron chi connectivity index (χ0n) is 16.7. The zero-order chi connectivity index (χ0) is 20.5. The highest BCUT2D eigenvalue weighted by Gasteiger charge is 2.39. The Kier molecular flexibility index (Phi) is 5.20. The van der Waals surface area contributed by atoms with Crippen molar-refractivity contribution in [3.63, 3.8) is 0 Å². The third-order valence-corrected chi connectivity index (χ3v) is 5.49. The molecule has 0 spiro atoms. The second-order valence-electron chi connectivity index (χ2n) is 7.70. The highest BCUT2D eigenvalue weighted by atomic mass is 16.3. The van der Waals surface area contributed by atoms with E-state index in [4.69, 9.17) is 4.98 Å². The lowest BCUT2D eigenvalue weighted by Gasteiger charge is -2.22. The maximum absolute atomic E-state index is 13.3. The summed E-state index contributed by atoms with van der Waals surface area (Å²) in [6.07, 6.45) is 0.810. The van der Waals surface area contributed by atoms with Gasteiger partial charge in [-0.3, -0.25) is 14.2 Å². The Bertz CT molecular complexity index is 1120. The molecule has 3 aromatic rings. The van der Waals surface area contributed by atoms with Crippen molar-refractivity contribution in [2.24, 2.45) is 0 Å². The molecule has 0 fully saturated rings. The molecular weight excluding hydrogens is 366 g/mol. The maximum Gasteiger partial charge on any atom is 0.261 e. The number of aliphatic hydroxyl groups excluding tert-OH is 1. The first-order valence-electron chi connectivity index (χ1n) is 10.0. The second kappa shape index (κ2) is 7.79. The number of carbonyl (C=O) groups is 1. The van der Waals surface area contributed by atoms with Crippen molar-refractivity contribution >= 4 is 22.5 Å². The maximum atomic E-state index is 13.3. The highest BCUT2D eigenvalue weighted by molar-refractivity contribution is 6.05. The van der Waals surface area contributed by atoms with Gasteiger partial charge in [-0.1, -0.05) is 30.3 Å². The Morgan fingerprint density at radius 1 is 1.07 bits per heavy atom. The number of hydrogen-bond donors (Lipinski definition) is 1. The summed E-state index contributed by atoms with van der Waals surface area (Å²) >= 11 is 0. The van der Waals surface area contributed by atoms with Gasteiger partial charge in [0.2, 0.25) is 5.91 Å². The quantitative estimate of drug-likeness (QED) is 0.701. The van der Waals surface area contributed by atoms with E-state index in [2.05, 4.69) is 0 Å². The van der Waals surface area contributed by atoms with Gasteiger partial charge in [0.1, 0.15) is 5.82 Å². The third-order valence-electron chi connectivity index (χ3n) is 5.49. The lowest BCUT2D eigenvalue weighted by molar-refractivity contribution is -0.119. The van der Waals surface area contributed by atoms with Crippen LogP contribution in [0.1, 0.15) is 37.6 Å². The molecule has 1 aliphatic heterocycles. The summed E-state index contributed by atoms with van der Waals surface area (Å²) in [6, 6.07) is 15.1. The Hall–Kier alpha value is -2.99. The van der Waals surface area contributed by atoms with Crippen LogP contribution in [-0.4, -0.2) is 33.2 Å². The topological polar surface area (TPSA) is 75.4 Å². The van der Waals surface area contributed by atoms with E-state index in [-0.39, 0.29) is 30.0 Å². The van der Waals surface area contributed by atoms with E-state index in [1.165, 1.54) is 0 Å². The molecule has 0 radical (unpaired) electrons. The van der Waals surface area contributed by atoms with Crippen LogP contribution < -0.4 is 10.5 Å². The number of benzene rings is 2. The number of anilines is 1. The number of fused-ring (bicyclic) bond motifs is 2. The molecule has 1 aromatic heterocycles. The van der Waals surface area contributed by atoms with E-state index in [0.717, 1.165) is 11.3 Å². The van der Waals surface area contributed by atoms with Crippen LogP contribution in [0.25, 0.3) is 10.9 Å². The number of para-hydroxylation sites is 2. The minimum Gasteiger partial charge on any atom is -0.396 e. The van der Waals surface area contributed by atoms with Crippen molar-refractivity contribution < 1.29 is 9.90 Å². The molecule has 1 atom stereocenters. The van der Waals surface area contributed by atoms with Crippen molar-refractivity contribution in [3.8, 4) is 0 Å². The number of carbonyl (C=O) groups excluding carboxylic acids is 1. The number of nitrogens with zero attached hydrogens (tertiary/aromatic N) is 3. The van der Waals surface area contributed by atoms with Gasteiger partial charge in [-0.2, -0.15) is 0 Å². The number of rotatable bonds is 6. The molecule has 6 heteroatoms. The van der Waals surface area contributed by atoms with Crippen LogP contribution in [0.4, 0.5) is 5.69 Å². The molecule has 0 unspecified atom stereocenters. The van der Waals surface area contributed by atoms with Gasteiger partial charge < -0.3 is 10.0 Å². The minimum atomic E-state index is -0.373. The van der Waals surface area contributed by atoms with E-state index in [1.807, 2.05) is 61.2 Å². The molecule has 1 aliphatic rings. The molecule has 0 saturated carbocycles. The number of amides is 1. The largest absolute Gasteiger partial charge is 0.396 e. The first-order chi connectivity index (χ1) is 14.0. The van der Waals surface area contributed by atoms with E-state index in [9.17, 15) is 14.7 Å². The molecule has 1 N–H and O–H groups in total. The van der Waals surface area contributed by atoms with E-state index in [1.54, 1.807) is 10.6 Å². The van der Waals surface area contributed by atoms with Crippen molar-refractivity contribution in [1.82, 2.24) is 9.55 Å². The van der Waals surface area contributed by atoms with Gasteiger partial charge in [0.15, 0.2) is 0 Å². The van der Waals surface area contributed by atoms with Gasteiger partial charge in [-0.25, -0.2) is 4.98 Å². The summed E-state index contributed by atoms with van der Waals surface area (Å²) in [5.74, 6) is 0.250. The van der Waals surface area contributed by atoms with E-state index in [0.29, 0.717) is 36.1 Å². The Labute approximate surface area is 169 Å². The second-order valence-corrected chi connectivity index (χ2v) is 7.70. The molecule has 150 valence electrons. The van der Waals surface area contributed by atoms with Gasteiger partial charge in [-0.15, -0.1) is 0 Å². The van der Waals surface area contributed by atoms with E-state index < -0.39 is 0 Å². The molecule has 0 saturated heterocycles. The van der Waals surface area contributed by atoms with Crippen LogP contribution >= 0.6 is 0 Å². The number of aliphatic hydroxyl groups is 1. The summed E-state index contributed by atoms with van der Waals surface area (Å²) < 4.78 is 1.62. The normalized spacial score (nSPS) is 16.1. The molecular formula is C23H25N3O3. The van der Waals surface area contributed by atoms with Crippen LogP contribution in [0.5, 0.6) is 0 Å². The fraction of sp³-hybridized carbons (Fsp3) is 0.348. The predicted octanol–water partition coefficient (Wildman–Crippen LogP) is 2.86. The minimum absolute atomic E-state index is 0.00890. The van der Waals surface area contributed by atoms with Gasteiger partial charge in [0.05, 0.1) is 16.8 Å². The molecule has 0 aliphatic carbocycles. The summed E-state index contributed by atoms with van der Waals surface area (Å²) in [5.41, 5.74) is 2.41. The Morgan fingerprint density at radius 3 is 2.55 bits per heavy atom. The molecule has 2 heterocycles. The van der Waals surface area contributed by atoms with Crippen molar-refractivity contribution in [2.45, 2.75) is 45.2 Å². The van der Waals surface area contributed by atoms with Crippen molar-refractivity contribution in [1.29, 1.82) is 0 Å². The molecule has 1 amide bonds.